The molecule has 1 atom stereocenters. The monoisotopic (exact) mass is 298 g/mol. The molecule has 0 aromatic carbocycles. The Morgan fingerprint density at radius 1 is 1.24 bits per heavy atom. The fourth-order valence-electron chi connectivity index (χ4n) is 3.49. The zero-order valence-electron chi connectivity index (χ0n) is 14.8. The van der Waals surface area contributed by atoms with E-state index in [-0.39, 0.29) is 12.1 Å². The average Bonchev–Trinajstić information content (AvgIpc) is 2.96. The number of rotatable bonds is 11. The van der Waals surface area contributed by atoms with Gasteiger partial charge in [-0.25, -0.2) is 0 Å². The maximum absolute atomic E-state index is 9.59. The van der Waals surface area contributed by atoms with Crippen LogP contribution in [0.2, 0.25) is 0 Å². The van der Waals surface area contributed by atoms with E-state index in [0.717, 1.165) is 24.9 Å². The molecule has 1 aliphatic carbocycles. The first-order valence-corrected chi connectivity index (χ1v) is 9.10. The summed E-state index contributed by atoms with van der Waals surface area (Å²) in [7, 11) is 0. The molecule has 1 aliphatic rings. The highest BCUT2D eigenvalue weighted by Crippen LogP contribution is 2.25. The fraction of sp³-hybridized carbons (Fsp3) is 1.00. The first-order chi connectivity index (χ1) is 10.0. The summed E-state index contributed by atoms with van der Waals surface area (Å²) in [5.41, 5.74) is -0.103. The van der Waals surface area contributed by atoms with Gasteiger partial charge in [0.2, 0.25) is 0 Å². The minimum Gasteiger partial charge on any atom is -0.394 e. The van der Waals surface area contributed by atoms with Gasteiger partial charge in [0.25, 0.3) is 0 Å². The molecule has 0 amide bonds. The predicted molar refractivity (Wildman–Crippen MR) is 91.7 cm³/mol. The van der Waals surface area contributed by atoms with Gasteiger partial charge in [0.05, 0.1) is 6.61 Å². The van der Waals surface area contributed by atoms with E-state index >= 15 is 0 Å². The summed E-state index contributed by atoms with van der Waals surface area (Å²) in [5, 5.41) is 13.0. The van der Waals surface area contributed by atoms with E-state index in [9.17, 15) is 5.11 Å². The minimum atomic E-state index is -0.103. The van der Waals surface area contributed by atoms with Gasteiger partial charge in [0.1, 0.15) is 0 Å². The van der Waals surface area contributed by atoms with E-state index in [1.54, 1.807) is 0 Å². The molecule has 0 heterocycles. The van der Waals surface area contributed by atoms with E-state index in [0.29, 0.717) is 0 Å². The van der Waals surface area contributed by atoms with Crippen LogP contribution in [0.3, 0.4) is 0 Å². The van der Waals surface area contributed by atoms with Crippen LogP contribution in [0.4, 0.5) is 0 Å². The molecule has 0 saturated heterocycles. The van der Waals surface area contributed by atoms with Crippen LogP contribution in [0, 0.1) is 5.92 Å². The third-order valence-corrected chi connectivity index (χ3v) is 4.96. The zero-order chi connectivity index (χ0) is 15.7. The Morgan fingerprint density at radius 3 is 2.43 bits per heavy atom. The lowest BCUT2D eigenvalue weighted by atomic mass is 9.96. The molecule has 1 rings (SSSR count). The van der Waals surface area contributed by atoms with Crippen molar-refractivity contribution in [1.82, 2.24) is 10.2 Å². The van der Waals surface area contributed by atoms with E-state index < -0.39 is 0 Å². The molecule has 1 unspecified atom stereocenters. The molecule has 3 nitrogen and oxygen atoms in total. The predicted octanol–water partition coefficient (Wildman–Crippen LogP) is 3.42. The maximum Gasteiger partial charge on any atom is 0.0610 e. The van der Waals surface area contributed by atoms with Crippen LogP contribution in [-0.2, 0) is 0 Å². The Balaban J connectivity index is 2.40. The lowest BCUT2D eigenvalue weighted by Crippen LogP contribution is -2.46. The molecular weight excluding hydrogens is 260 g/mol. The summed E-state index contributed by atoms with van der Waals surface area (Å²) in [6.45, 7) is 12.5. The highest BCUT2D eigenvalue weighted by atomic mass is 16.3. The standard InChI is InChI=1S/C18H38N2O/c1-5-19-18(4,15-21)12-8-13-20(14-11-16(2)3)17-9-6-7-10-17/h16-17,19,21H,5-15H2,1-4H3. The largest absolute Gasteiger partial charge is 0.394 e. The summed E-state index contributed by atoms with van der Waals surface area (Å²) < 4.78 is 0. The van der Waals surface area contributed by atoms with Crippen LogP contribution in [0.5, 0.6) is 0 Å². The summed E-state index contributed by atoms with van der Waals surface area (Å²) >= 11 is 0. The number of hydrogen-bond donors (Lipinski definition) is 2. The van der Waals surface area contributed by atoms with Gasteiger partial charge in [0.15, 0.2) is 0 Å². The SMILES string of the molecule is CCNC(C)(CO)CCCN(CCC(C)C)C1CCCC1. The van der Waals surface area contributed by atoms with Crippen LogP contribution in [0.1, 0.15) is 72.6 Å². The number of aliphatic hydroxyl groups is 1. The van der Waals surface area contributed by atoms with Crippen molar-refractivity contribution in [2.45, 2.75) is 84.2 Å². The van der Waals surface area contributed by atoms with Crippen LogP contribution < -0.4 is 5.32 Å². The van der Waals surface area contributed by atoms with Crippen LogP contribution in [0.15, 0.2) is 0 Å². The Hall–Kier alpha value is -0.120. The van der Waals surface area contributed by atoms with Gasteiger partial charge < -0.3 is 15.3 Å². The molecule has 2 N–H and O–H groups in total. The summed E-state index contributed by atoms with van der Waals surface area (Å²) in [5.74, 6) is 0.790. The number of aliphatic hydroxyl groups excluding tert-OH is 1. The maximum atomic E-state index is 9.59. The summed E-state index contributed by atoms with van der Waals surface area (Å²) in [6.07, 6.45) is 9.15. The van der Waals surface area contributed by atoms with Gasteiger partial charge in [0, 0.05) is 11.6 Å². The molecule has 0 aliphatic heterocycles. The second kappa shape index (κ2) is 9.81. The number of nitrogens with one attached hydrogen (secondary N) is 1. The second-order valence-corrected chi connectivity index (χ2v) is 7.51. The lowest BCUT2D eigenvalue weighted by Gasteiger charge is -2.32. The molecule has 126 valence electrons. The molecule has 0 aromatic rings. The number of likely N-dealkylation sites (N-methyl/N-ethyl adjacent to an activating group) is 1. The van der Waals surface area contributed by atoms with Crippen LogP contribution in [0.25, 0.3) is 0 Å². The molecule has 21 heavy (non-hydrogen) atoms. The van der Waals surface area contributed by atoms with Crippen molar-refractivity contribution in [3.63, 3.8) is 0 Å². The zero-order valence-corrected chi connectivity index (χ0v) is 14.8. The van der Waals surface area contributed by atoms with Crippen molar-refractivity contribution < 1.29 is 5.11 Å². The Kier molecular flexibility index (Phi) is 8.84. The molecule has 0 bridgehead atoms. The molecule has 3 heteroatoms. The van der Waals surface area contributed by atoms with Gasteiger partial charge in [-0.2, -0.15) is 0 Å². The van der Waals surface area contributed by atoms with Gasteiger partial charge >= 0.3 is 0 Å². The molecular formula is C18H38N2O. The molecule has 1 fully saturated rings. The number of hydrogen-bond acceptors (Lipinski definition) is 3. The quantitative estimate of drug-likeness (QED) is 0.613. The van der Waals surface area contributed by atoms with Gasteiger partial charge in [-0.1, -0.05) is 33.6 Å². The van der Waals surface area contributed by atoms with E-state index in [1.165, 1.54) is 51.6 Å². The van der Waals surface area contributed by atoms with Crippen molar-refractivity contribution in [2.75, 3.05) is 26.2 Å². The van der Waals surface area contributed by atoms with Crippen molar-refractivity contribution in [3.8, 4) is 0 Å². The smallest absolute Gasteiger partial charge is 0.0610 e. The van der Waals surface area contributed by atoms with E-state index in [4.69, 9.17) is 0 Å². The Bertz CT molecular complexity index is 264. The van der Waals surface area contributed by atoms with E-state index in [2.05, 4.69) is 37.9 Å². The first kappa shape index (κ1) is 18.9. The summed E-state index contributed by atoms with van der Waals surface area (Å²) in [4.78, 5) is 2.73. The van der Waals surface area contributed by atoms with Crippen LogP contribution in [-0.4, -0.2) is 47.8 Å². The fourth-order valence-corrected chi connectivity index (χ4v) is 3.49. The third-order valence-electron chi connectivity index (χ3n) is 4.96. The third kappa shape index (κ3) is 7.12. The van der Waals surface area contributed by atoms with Crippen molar-refractivity contribution in [1.29, 1.82) is 0 Å². The van der Waals surface area contributed by atoms with Crippen LogP contribution >= 0.6 is 0 Å². The highest BCUT2D eigenvalue weighted by molar-refractivity contribution is 4.83. The highest BCUT2D eigenvalue weighted by Gasteiger charge is 2.25. The second-order valence-electron chi connectivity index (χ2n) is 7.51. The van der Waals surface area contributed by atoms with Crippen molar-refractivity contribution in [3.05, 3.63) is 0 Å². The summed E-state index contributed by atoms with van der Waals surface area (Å²) in [6, 6.07) is 0.822. The normalized spacial score (nSPS) is 19.6. The van der Waals surface area contributed by atoms with Gasteiger partial charge in [-0.15, -0.1) is 0 Å². The van der Waals surface area contributed by atoms with Crippen molar-refractivity contribution >= 4 is 0 Å². The average molecular weight is 299 g/mol. The minimum absolute atomic E-state index is 0.103. The van der Waals surface area contributed by atoms with Crippen molar-refractivity contribution in [2.24, 2.45) is 5.92 Å². The molecule has 1 saturated carbocycles. The van der Waals surface area contributed by atoms with Gasteiger partial charge in [-0.3, -0.25) is 0 Å². The molecule has 0 spiro atoms. The Labute approximate surface area is 132 Å². The molecule has 0 aromatic heterocycles. The van der Waals surface area contributed by atoms with Gasteiger partial charge in [-0.05, 0) is 64.6 Å². The molecule has 0 radical (unpaired) electrons. The first-order valence-electron chi connectivity index (χ1n) is 9.10. The number of nitrogens with zero attached hydrogens (tertiary/aromatic N) is 1. The topological polar surface area (TPSA) is 35.5 Å². The van der Waals surface area contributed by atoms with E-state index in [1.807, 2.05) is 0 Å². The lowest BCUT2D eigenvalue weighted by molar-refractivity contribution is 0.145. The Morgan fingerprint density at radius 2 is 1.90 bits per heavy atom.